The maximum atomic E-state index is 13.5. The van der Waals surface area contributed by atoms with E-state index in [1.165, 1.54) is 0 Å². The molecular formula is C26H43NO5. The zero-order chi connectivity index (χ0) is 24.3. The summed E-state index contributed by atoms with van der Waals surface area (Å²) in [7, 11) is 0. The van der Waals surface area contributed by atoms with Crippen LogP contribution in [0.15, 0.2) is 18.2 Å². The van der Waals surface area contributed by atoms with E-state index < -0.39 is 11.6 Å². The van der Waals surface area contributed by atoms with Gasteiger partial charge >= 0.3 is 5.97 Å². The molecule has 0 aliphatic heterocycles. The van der Waals surface area contributed by atoms with Gasteiger partial charge in [0.1, 0.15) is 16.9 Å². The van der Waals surface area contributed by atoms with Gasteiger partial charge in [0, 0.05) is 12.3 Å². The predicted octanol–water partition coefficient (Wildman–Crippen LogP) is 6.24. The van der Waals surface area contributed by atoms with E-state index in [0.29, 0.717) is 36.4 Å². The first-order chi connectivity index (χ1) is 15.1. The third kappa shape index (κ3) is 8.45. The number of hydrogen-bond donors (Lipinski definition) is 1. The molecular weight excluding hydrogens is 406 g/mol. The van der Waals surface area contributed by atoms with E-state index in [2.05, 4.69) is 33.0 Å². The molecule has 32 heavy (non-hydrogen) atoms. The third-order valence-electron chi connectivity index (χ3n) is 5.11. The number of carbonyl (C=O) groups is 2. The molecule has 0 fully saturated rings. The Labute approximate surface area is 194 Å². The smallest absolute Gasteiger partial charge is 0.341 e. The van der Waals surface area contributed by atoms with E-state index in [-0.39, 0.29) is 30.5 Å². The standard InChI is InChI=1S/C26H43NO5/c1-9-14-31-26(16-18(4)5,17-19(6)7)25(29)27-21-12-13-23(32-20(8)10-2)22(15-21)24(28)30-11-3/h12-13,15,18-20H,9-11,14,16-17H2,1-8H3,(H,27,29)/t20-/m1/s1. The fourth-order valence-electron chi connectivity index (χ4n) is 3.69. The second-order valence-electron chi connectivity index (χ2n) is 9.26. The average Bonchev–Trinajstić information content (AvgIpc) is 2.72. The van der Waals surface area contributed by atoms with Crippen molar-refractivity contribution in [2.45, 2.75) is 92.8 Å². The summed E-state index contributed by atoms with van der Waals surface area (Å²) in [5.74, 6) is 0.377. The van der Waals surface area contributed by atoms with Gasteiger partial charge in [0.2, 0.25) is 0 Å². The highest BCUT2D eigenvalue weighted by Gasteiger charge is 2.40. The van der Waals surface area contributed by atoms with Crippen LogP contribution in [0, 0.1) is 11.8 Å². The Morgan fingerprint density at radius 2 is 1.62 bits per heavy atom. The maximum Gasteiger partial charge on any atom is 0.341 e. The Bertz CT molecular complexity index is 719. The van der Waals surface area contributed by atoms with Gasteiger partial charge in [0.25, 0.3) is 5.91 Å². The minimum Gasteiger partial charge on any atom is -0.490 e. The Morgan fingerprint density at radius 3 is 2.12 bits per heavy atom. The summed E-state index contributed by atoms with van der Waals surface area (Å²) in [6.45, 7) is 16.9. The molecule has 6 nitrogen and oxygen atoms in total. The van der Waals surface area contributed by atoms with Crippen molar-refractivity contribution in [1.29, 1.82) is 0 Å². The number of ether oxygens (including phenoxy) is 3. The van der Waals surface area contributed by atoms with Crippen molar-refractivity contribution in [1.82, 2.24) is 0 Å². The Hall–Kier alpha value is -2.08. The number of esters is 1. The van der Waals surface area contributed by atoms with E-state index >= 15 is 0 Å². The summed E-state index contributed by atoms with van der Waals surface area (Å²) in [4.78, 5) is 26.1. The number of hydrogen-bond acceptors (Lipinski definition) is 5. The van der Waals surface area contributed by atoms with Gasteiger partial charge in [-0.05, 0) is 69.6 Å². The van der Waals surface area contributed by atoms with Crippen LogP contribution in [0.1, 0.15) is 91.4 Å². The first-order valence-electron chi connectivity index (χ1n) is 12.0. The molecule has 6 heteroatoms. The average molecular weight is 450 g/mol. The van der Waals surface area contributed by atoms with Crippen LogP contribution < -0.4 is 10.1 Å². The second-order valence-corrected chi connectivity index (χ2v) is 9.26. The van der Waals surface area contributed by atoms with Crippen LogP contribution in [0.2, 0.25) is 0 Å². The first-order valence-corrected chi connectivity index (χ1v) is 12.0. The Kier molecular flexibility index (Phi) is 11.8. The van der Waals surface area contributed by atoms with Crippen LogP contribution in [0.25, 0.3) is 0 Å². The topological polar surface area (TPSA) is 73.9 Å². The summed E-state index contributed by atoms with van der Waals surface area (Å²) in [5, 5.41) is 3.01. The molecule has 182 valence electrons. The summed E-state index contributed by atoms with van der Waals surface area (Å²) >= 11 is 0. The molecule has 0 saturated carbocycles. The van der Waals surface area contributed by atoms with Crippen LogP contribution in [0.3, 0.4) is 0 Å². The minimum atomic E-state index is -0.922. The van der Waals surface area contributed by atoms with E-state index in [1.54, 1.807) is 25.1 Å². The van der Waals surface area contributed by atoms with Crippen LogP contribution in [0.5, 0.6) is 5.75 Å². The Morgan fingerprint density at radius 1 is 1.00 bits per heavy atom. The van der Waals surface area contributed by atoms with Crippen molar-refractivity contribution < 1.29 is 23.8 Å². The summed E-state index contributed by atoms with van der Waals surface area (Å²) in [6.07, 6.45) is 2.84. The molecule has 0 heterocycles. The van der Waals surface area contributed by atoms with Gasteiger partial charge < -0.3 is 19.5 Å². The van der Waals surface area contributed by atoms with Gasteiger partial charge in [-0.3, -0.25) is 4.79 Å². The van der Waals surface area contributed by atoms with E-state index in [4.69, 9.17) is 14.2 Å². The monoisotopic (exact) mass is 449 g/mol. The van der Waals surface area contributed by atoms with Gasteiger partial charge in [0.05, 0.1) is 12.7 Å². The zero-order valence-corrected chi connectivity index (χ0v) is 21.2. The first kappa shape index (κ1) is 28.0. The normalized spacial score (nSPS) is 12.7. The Balaban J connectivity index is 3.30. The molecule has 0 aliphatic carbocycles. The van der Waals surface area contributed by atoms with Crippen molar-refractivity contribution in [2.24, 2.45) is 11.8 Å². The number of benzene rings is 1. The maximum absolute atomic E-state index is 13.5. The van der Waals surface area contributed by atoms with Crippen molar-refractivity contribution >= 4 is 17.6 Å². The quantitative estimate of drug-likeness (QED) is 0.340. The molecule has 0 radical (unpaired) electrons. The lowest BCUT2D eigenvalue weighted by atomic mass is 9.83. The number of rotatable bonds is 14. The van der Waals surface area contributed by atoms with E-state index in [1.807, 2.05) is 20.8 Å². The van der Waals surface area contributed by atoms with Crippen LogP contribution >= 0.6 is 0 Å². The summed E-state index contributed by atoms with van der Waals surface area (Å²) in [6, 6.07) is 5.10. The summed E-state index contributed by atoms with van der Waals surface area (Å²) in [5.41, 5.74) is -0.0989. The number of amides is 1. The lowest BCUT2D eigenvalue weighted by molar-refractivity contribution is -0.147. The lowest BCUT2D eigenvalue weighted by Gasteiger charge is -2.35. The minimum absolute atomic E-state index is 0.0456. The molecule has 1 amide bonds. The molecule has 0 spiro atoms. The molecule has 1 N–H and O–H groups in total. The van der Waals surface area contributed by atoms with E-state index in [0.717, 1.165) is 12.8 Å². The van der Waals surface area contributed by atoms with Gasteiger partial charge in [-0.2, -0.15) is 0 Å². The highest BCUT2D eigenvalue weighted by Crippen LogP contribution is 2.32. The van der Waals surface area contributed by atoms with Gasteiger partial charge in [-0.25, -0.2) is 4.79 Å². The van der Waals surface area contributed by atoms with Crippen molar-refractivity contribution in [3.8, 4) is 5.75 Å². The molecule has 1 aromatic rings. The molecule has 1 aromatic carbocycles. The van der Waals surface area contributed by atoms with Crippen LogP contribution in [-0.4, -0.2) is 36.8 Å². The second kappa shape index (κ2) is 13.5. The van der Waals surface area contributed by atoms with Gasteiger partial charge in [-0.15, -0.1) is 0 Å². The van der Waals surface area contributed by atoms with Crippen LogP contribution in [-0.2, 0) is 14.3 Å². The molecule has 1 atom stereocenters. The van der Waals surface area contributed by atoms with Crippen LogP contribution in [0.4, 0.5) is 5.69 Å². The fraction of sp³-hybridized carbons (Fsp3) is 0.692. The fourth-order valence-corrected chi connectivity index (χ4v) is 3.69. The third-order valence-corrected chi connectivity index (χ3v) is 5.11. The molecule has 0 unspecified atom stereocenters. The highest BCUT2D eigenvalue weighted by molar-refractivity contribution is 5.99. The number of anilines is 1. The van der Waals surface area contributed by atoms with Crippen molar-refractivity contribution in [3.63, 3.8) is 0 Å². The molecule has 1 rings (SSSR count). The number of nitrogens with one attached hydrogen (secondary N) is 1. The lowest BCUT2D eigenvalue weighted by Crippen LogP contribution is -2.48. The predicted molar refractivity (Wildman–Crippen MR) is 129 cm³/mol. The summed E-state index contributed by atoms with van der Waals surface area (Å²) < 4.78 is 17.3. The SMILES string of the molecule is CCCOC(CC(C)C)(CC(C)C)C(=O)Nc1ccc(O[C@H](C)CC)c(C(=O)OCC)c1. The molecule has 0 aliphatic rings. The van der Waals surface area contributed by atoms with E-state index in [9.17, 15) is 9.59 Å². The van der Waals surface area contributed by atoms with Gasteiger partial charge in [-0.1, -0.05) is 41.5 Å². The molecule has 0 saturated heterocycles. The van der Waals surface area contributed by atoms with Gasteiger partial charge in [0.15, 0.2) is 0 Å². The number of carbonyl (C=O) groups excluding carboxylic acids is 2. The zero-order valence-electron chi connectivity index (χ0n) is 21.2. The van der Waals surface area contributed by atoms with Crippen molar-refractivity contribution in [2.75, 3.05) is 18.5 Å². The van der Waals surface area contributed by atoms with Crippen molar-refractivity contribution in [3.05, 3.63) is 23.8 Å². The molecule has 0 bridgehead atoms. The largest absolute Gasteiger partial charge is 0.490 e. The highest BCUT2D eigenvalue weighted by atomic mass is 16.5. The molecule has 0 aromatic heterocycles.